The van der Waals surface area contributed by atoms with E-state index in [0.717, 1.165) is 26.3 Å². The maximum atomic E-state index is 5.20. The summed E-state index contributed by atoms with van der Waals surface area (Å²) in [5, 5.41) is 0. The molecule has 2 nitrogen and oxygen atoms in total. The van der Waals surface area contributed by atoms with Gasteiger partial charge in [0.05, 0.1) is 18.2 Å². The molecule has 0 amide bonds. The number of hydrogen-bond acceptors (Lipinski definition) is 2. The summed E-state index contributed by atoms with van der Waals surface area (Å²) < 4.78 is 5.20. The van der Waals surface area contributed by atoms with Crippen LogP contribution in [0.4, 0.5) is 0 Å². The van der Waals surface area contributed by atoms with Crippen LogP contribution in [-0.2, 0) is 4.74 Å². The van der Waals surface area contributed by atoms with Gasteiger partial charge in [0.25, 0.3) is 0 Å². The van der Waals surface area contributed by atoms with Crippen LogP contribution in [0.1, 0.15) is 0 Å². The molecule has 10 heavy (non-hydrogen) atoms. The number of nitrogens with zero attached hydrogens (tertiary/aromatic N) is 1. The molecule has 0 N–H and O–H groups in total. The van der Waals surface area contributed by atoms with Crippen molar-refractivity contribution in [2.75, 3.05) is 26.3 Å². The summed E-state index contributed by atoms with van der Waals surface area (Å²) >= 11 is 3.49. The zero-order valence-corrected chi connectivity index (χ0v) is 7.51. The van der Waals surface area contributed by atoms with Gasteiger partial charge in [0.1, 0.15) is 0 Å². The van der Waals surface area contributed by atoms with E-state index < -0.39 is 0 Å². The number of halogens is 1. The summed E-state index contributed by atoms with van der Waals surface area (Å²) in [6.45, 7) is 7.40. The molecule has 1 fully saturated rings. The molecule has 1 heterocycles. The number of alkyl halides is 1. The second-order valence-electron chi connectivity index (χ2n) is 2.26. The minimum Gasteiger partial charge on any atom is -0.379 e. The predicted octanol–water partition coefficient (Wildman–Crippen LogP) is 1.23. The summed E-state index contributed by atoms with van der Waals surface area (Å²) in [4.78, 5) is 2.60. The van der Waals surface area contributed by atoms with Gasteiger partial charge in [0, 0.05) is 13.1 Å². The van der Waals surface area contributed by atoms with Crippen LogP contribution in [0, 0.1) is 0 Å². The molecule has 0 aromatic rings. The molecule has 58 valence electrons. The molecular weight excluding hydrogens is 194 g/mol. The Morgan fingerprint density at radius 2 is 2.10 bits per heavy atom. The highest BCUT2D eigenvalue weighted by Gasteiger charge is 2.14. The lowest BCUT2D eigenvalue weighted by Crippen LogP contribution is -2.39. The van der Waals surface area contributed by atoms with Crippen LogP contribution in [0.15, 0.2) is 12.7 Å². The first-order valence-corrected chi connectivity index (χ1v) is 4.34. The number of hydrogen-bond donors (Lipinski definition) is 0. The van der Waals surface area contributed by atoms with Gasteiger partial charge in [-0.3, -0.25) is 4.90 Å². The Balaban J connectivity index is 2.30. The molecule has 0 aliphatic carbocycles. The topological polar surface area (TPSA) is 12.5 Å². The summed E-state index contributed by atoms with van der Waals surface area (Å²) in [5.74, 6) is 0. The number of morpholine rings is 1. The lowest BCUT2D eigenvalue weighted by Gasteiger charge is -2.29. The number of ether oxygens (including phenoxy) is 1. The average Bonchev–Trinajstić information content (AvgIpc) is 2.05. The SMILES string of the molecule is C=CC(Br)N1CCOCC1. The minimum atomic E-state index is 0.316. The van der Waals surface area contributed by atoms with Crippen molar-refractivity contribution in [3.05, 3.63) is 12.7 Å². The van der Waals surface area contributed by atoms with Crippen molar-refractivity contribution in [3.8, 4) is 0 Å². The summed E-state index contributed by atoms with van der Waals surface area (Å²) in [5.41, 5.74) is 0. The molecule has 0 spiro atoms. The van der Waals surface area contributed by atoms with Crippen molar-refractivity contribution in [1.29, 1.82) is 0 Å². The van der Waals surface area contributed by atoms with E-state index in [4.69, 9.17) is 4.74 Å². The standard InChI is InChI=1S/C7H12BrNO/c1-2-7(8)9-3-5-10-6-4-9/h2,7H,1,3-6H2. The molecule has 0 saturated carbocycles. The monoisotopic (exact) mass is 205 g/mol. The van der Waals surface area contributed by atoms with E-state index in [-0.39, 0.29) is 0 Å². The maximum Gasteiger partial charge on any atom is 0.0840 e. The first kappa shape index (κ1) is 8.24. The van der Waals surface area contributed by atoms with Gasteiger partial charge in [-0.1, -0.05) is 22.0 Å². The van der Waals surface area contributed by atoms with E-state index in [1.165, 1.54) is 0 Å². The van der Waals surface area contributed by atoms with E-state index >= 15 is 0 Å². The lowest BCUT2D eigenvalue weighted by atomic mass is 10.4. The van der Waals surface area contributed by atoms with Crippen molar-refractivity contribution < 1.29 is 4.74 Å². The summed E-state index contributed by atoms with van der Waals surface area (Å²) in [6, 6.07) is 0. The van der Waals surface area contributed by atoms with Gasteiger partial charge in [-0.2, -0.15) is 0 Å². The van der Waals surface area contributed by atoms with Gasteiger partial charge in [-0.15, -0.1) is 6.58 Å². The van der Waals surface area contributed by atoms with Gasteiger partial charge >= 0.3 is 0 Å². The van der Waals surface area contributed by atoms with E-state index in [0.29, 0.717) is 4.95 Å². The van der Waals surface area contributed by atoms with Crippen LogP contribution >= 0.6 is 15.9 Å². The van der Waals surface area contributed by atoms with Crippen LogP contribution in [0.25, 0.3) is 0 Å². The van der Waals surface area contributed by atoms with E-state index in [2.05, 4.69) is 27.4 Å². The Labute approximate surface area is 70.0 Å². The van der Waals surface area contributed by atoms with Gasteiger partial charge < -0.3 is 4.74 Å². The highest BCUT2D eigenvalue weighted by molar-refractivity contribution is 9.09. The smallest absolute Gasteiger partial charge is 0.0840 e. The van der Waals surface area contributed by atoms with E-state index in [1.807, 2.05) is 6.08 Å². The first-order chi connectivity index (χ1) is 4.84. The molecule has 0 aromatic heterocycles. The van der Waals surface area contributed by atoms with Gasteiger partial charge in [-0.25, -0.2) is 0 Å². The second-order valence-corrected chi connectivity index (χ2v) is 3.19. The van der Waals surface area contributed by atoms with Crippen molar-refractivity contribution in [1.82, 2.24) is 4.90 Å². The quantitative estimate of drug-likeness (QED) is 0.382. The van der Waals surface area contributed by atoms with Crippen LogP contribution in [-0.4, -0.2) is 36.2 Å². The Morgan fingerprint density at radius 1 is 1.50 bits per heavy atom. The first-order valence-electron chi connectivity index (χ1n) is 3.43. The fraction of sp³-hybridized carbons (Fsp3) is 0.714. The molecule has 1 unspecified atom stereocenters. The van der Waals surface area contributed by atoms with E-state index in [1.54, 1.807) is 0 Å². The zero-order chi connectivity index (χ0) is 7.40. The largest absolute Gasteiger partial charge is 0.379 e. The number of rotatable bonds is 2. The Bertz CT molecular complexity index is 112. The minimum absolute atomic E-state index is 0.316. The summed E-state index contributed by atoms with van der Waals surface area (Å²) in [6.07, 6.45) is 1.89. The lowest BCUT2D eigenvalue weighted by molar-refractivity contribution is 0.0396. The maximum absolute atomic E-state index is 5.20. The van der Waals surface area contributed by atoms with Crippen molar-refractivity contribution in [2.24, 2.45) is 0 Å². The fourth-order valence-electron chi connectivity index (χ4n) is 0.973. The second kappa shape index (κ2) is 4.11. The fourth-order valence-corrected chi connectivity index (χ4v) is 1.38. The van der Waals surface area contributed by atoms with Crippen LogP contribution in [0.2, 0.25) is 0 Å². The van der Waals surface area contributed by atoms with Crippen molar-refractivity contribution >= 4 is 15.9 Å². The van der Waals surface area contributed by atoms with Crippen LogP contribution < -0.4 is 0 Å². The molecular formula is C7H12BrNO. The molecule has 1 aliphatic rings. The highest BCUT2D eigenvalue weighted by atomic mass is 79.9. The Morgan fingerprint density at radius 3 is 2.60 bits per heavy atom. The molecule has 0 radical (unpaired) electrons. The Hall–Kier alpha value is 0.140. The van der Waals surface area contributed by atoms with E-state index in [9.17, 15) is 0 Å². The molecule has 0 aromatic carbocycles. The zero-order valence-electron chi connectivity index (χ0n) is 5.92. The Kier molecular flexibility index (Phi) is 3.39. The third-order valence-corrected chi connectivity index (χ3v) is 2.54. The average molecular weight is 206 g/mol. The highest BCUT2D eigenvalue weighted by Crippen LogP contribution is 2.09. The third kappa shape index (κ3) is 2.08. The predicted molar refractivity (Wildman–Crippen MR) is 45.3 cm³/mol. The van der Waals surface area contributed by atoms with Crippen LogP contribution in [0.3, 0.4) is 0 Å². The van der Waals surface area contributed by atoms with Crippen molar-refractivity contribution in [2.45, 2.75) is 4.95 Å². The van der Waals surface area contributed by atoms with Crippen LogP contribution in [0.5, 0.6) is 0 Å². The molecule has 1 rings (SSSR count). The molecule has 0 bridgehead atoms. The summed E-state index contributed by atoms with van der Waals surface area (Å²) in [7, 11) is 0. The molecule has 1 atom stereocenters. The third-order valence-electron chi connectivity index (χ3n) is 1.59. The van der Waals surface area contributed by atoms with Gasteiger partial charge in [0.2, 0.25) is 0 Å². The van der Waals surface area contributed by atoms with Crippen molar-refractivity contribution in [3.63, 3.8) is 0 Å². The van der Waals surface area contributed by atoms with Gasteiger partial charge in [0.15, 0.2) is 0 Å². The van der Waals surface area contributed by atoms with Gasteiger partial charge in [-0.05, 0) is 0 Å². The molecule has 3 heteroatoms. The normalized spacial score (nSPS) is 24.1. The molecule has 1 aliphatic heterocycles. The molecule has 1 saturated heterocycles.